The first kappa shape index (κ1) is 16.3. The fourth-order valence-corrected chi connectivity index (χ4v) is 2.31. The molecule has 5 nitrogen and oxygen atoms in total. The number of piperazine rings is 1. The second kappa shape index (κ2) is 6.59. The molecule has 1 saturated heterocycles. The minimum Gasteiger partial charge on any atom is -0.338 e. The lowest BCUT2D eigenvalue weighted by atomic mass is 10.2. The van der Waals surface area contributed by atoms with Crippen LogP contribution in [0.1, 0.15) is 42.0 Å². The molecule has 108 valence electrons. The second-order valence-electron chi connectivity index (χ2n) is 5.01. The first-order valence-corrected chi connectivity index (χ1v) is 6.32. The van der Waals surface area contributed by atoms with Crippen LogP contribution in [-0.2, 0) is 0 Å². The standard InChI is InChI=1S/C12H18N4O.2ClH/c1-8-6-13-4-5-16(8)12(17)10-7-14-11(15-10)9-2-3-9;;/h7-9,13H,2-6H2,1H3,(H,14,15);2*1H/t8-;;/m0../s1. The summed E-state index contributed by atoms with van der Waals surface area (Å²) in [6.07, 6.45) is 4.08. The first-order chi connectivity index (χ1) is 8.25. The van der Waals surface area contributed by atoms with E-state index in [4.69, 9.17) is 0 Å². The van der Waals surface area contributed by atoms with Crippen molar-refractivity contribution in [1.82, 2.24) is 20.2 Å². The molecule has 2 N–H and O–H groups in total. The van der Waals surface area contributed by atoms with Gasteiger partial charge in [-0.15, -0.1) is 24.8 Å². The van der Waals surface area contributed by atoms with Crippen LogP contribution in [0.2, 0.25) is 0 Å². The summed E-state index contributed by atoms with van der Waals surface area (Å²) in [6.45, 7) is 4.59. The van der Waals surface area contributed by atoms with Crippen LogP contribution in [0, 0.1) is 0 Å². The molecule has 2 aliphatic rings. The van der Waals surface area contributed by atoms with Crippen molar-refractivity contribution in [3.05, 3.63) is 17.7 Å². The van der Waals surface area contributed by atoms with Crippen LogP contribution in [0.4, 0.5) is 0 Å². The smallest absolute Gasteiger partial charge is 0.272 e. The normalized spacial score (nSPS) is 22.4. The van der Waals surface area contributed by atoms with Crippen LogP contribution in [0.15, 0.2) is 6.20 Å². The van der Waals surface area contributed by atoms with Crippen molar-refractivity contribution >= 4 is 30.7 Å². The molecule has 0 radical (unpaired) electrons. The van der Waals surface area contributed by atoms with Gasteiger partial charge in [-0.1, -0.05) is 0 Å². The largest absolute Gasteiger partial charge is 0.338 e. The molecule has 19 heavy (non-hydrogen) atoms. The number of rotatable bonds is 2. The van der Waals surface area contributed by atoms with E-state index in [1.165, 1.54) is 12.8 Å². The molecule has 2 fully saturated rings. The number of H-pyrrole nitrogens is 1. The summed E-state index contributed by atoms with van der Waals surface area (Å²) in [4.78, 5) is 21.7. The Bertz CT molecular complexity index is 433. The topological polar surface area (TPSA) is 61.0 Å². The lowest BCUT2D eigenvalue weighted by molar-refractivity contribution is 0.0650. The average molecular weight is 307 g/mol. The molecule has 1 aliphatic heterocycles. The second-order valence-corrected chi connectivity index (χ2v) is 5.01. The van der Waals surface area contributed by atoms with Crippen molar-refractivity contribution in [2.45, 2.75) is 31.7 Å². The molecule has 1 atom stereocenters. The number of imidazole rings is 1. The van der Waals surface area contributed by atoms with Crippen molar-refractivity contribution in [1.29, 1.82) is 0 Å². The molecule has 1 aromatic rings. The summed E-state index contributed by atoms with van der Waals surface area (Å²) in [5.41, 5.74) is 0.639. The predicted octanol–water partition coefficient (Wildman–Crippen LogP) is 1.56. The van der Waals surface area contributed by atoms with E-state index in [0.29, 0.717) is 11.6 Å². The van der Waals surface area contributed by atoms with Crippen molar-refractivity contribution in [2.24, 2.45) is 0 Å². The highest BCUT2D eigenvalue weighted by Gasteiger charge is 2.29. The van der Waals surface area contributed by atoms with Gasteiger partial charge >= 0.3 is 0 Å². The maximum Gasteiger partial charge on any atom is 0.272 e. The van der Waals surface area contributed by atoms with Gasteiger partial charge in [-0.05, 0) is 19.8 Å². The first-order valence-electron chi connectivity index (χ1n) is 6.32. The number of nitrogens with one attached hydrogen (secondary N) is 2. The van der Waals surface area contributed by atoms with E-state index < -0.39 is 0 Å². The fraction of sp³-hybridized carbons (Fsp3) is 0.667. The van der Waals surface area contributed by atoms with Crippen LogP contribution in [0.5, 0.6) is 0 Å². The van der Waals surface area contributed by atoms with Crippen LogP contribution in [-0.4, -0.2) is 46.5 Å². The summed E-state index contributed by atoms with van der Waals surface area (Å²) in [5, 5.41) is 3.28. The third-order valence-electron chi connectivity index (χ3n) is 3.55. The third kappa shape index (κ3) is 3.41. The molecule has 1 aliphatic carbocycles. The number of carbonyl (C=O) groups is 1. The molecule has 3 rings (SSSR count). The number of hydrogen-bond acceptors (Lipinski definition) is 3. The molecule has 0 aromatic carbocycles. The van der Waals surface area contributed by atoms with E-state index in [0.717, 1.165) is 25.5 Å². The minimum atomic E-state index is 0. The Morgan fingerprint density at radius 3 is 2.79 bits per heavy atom. The number of aromatic nitrogens is 2. The molecule has 1 saturated carbocycles. The van der Waals surface area contributed by atoms with Crippen molar-refractivity contribution in [2.75, 3.05) is 19.6 Å². The Hall–Kier alpha value is -0.780. The van der Waals surface area contributed by atoms with Crippen LogP contribution < -0.4 is 5.32 Å². The zero-order valence-electron chi connectivity index (χ0n) is 10.9. The molecule has 0 spiro atoms. The van der Waals surface area contributed by atoms with Gasteiger partial charge in [-0.2, -0.15) is 0 Å². The zero-order chi connectivity index (χ0) is 11.8. The van der Waals surface area contributed by atoms with Gasteiger partial charge in [-0.3, -0.25) is 4.79 Å². The van der Waals surface area contributed by atoms with Gasteiger partial charge in [0.2, 0.25) is 0 Å². The highest BCUT2D eigenvalue weighted by atomic mass is 35.5. The molecule has 0 bridgehead atoms. The third-order valence-corrected chi connectivity index (χ3v) is 3.55. The fourth-order valence-electron chi connectivity index (χ4n) is 2.31. The summed E-state index contributed by atoms with van der Waals surface area (Å²) in [6, 6.07) is 0.254. The van der Waals surface area contributed by atoms with E-state index >= 15 is 0 Å². The van der Waals surface area contributed by atoms with Gasteiger partial charge in [0.15, 0.2) is 0 Å². The molecule has 1 aromatic heterocycles. The molecule has 0 unspecified atom stereocenters. The summed E-state index contributed by atoms with van der Waals surface area (Å²) < 4.78 is 0. The highest BCUT2D eigenvalue weighted by Crippen LogP contribution is 2.38. The zero-order valence-corrected chi connectivity index (χ0v) is 12.5. The number of hydrogen-bond donors (Lipinski definition) is 2. The summed E-state index contributed by atoms with van der Waals surface area (Å²) in [7, 11) is 0. The van der Waals surface area contributed by atoms with Gasteiger partial charge in [0.25, 0.3) is 5.91 Å². The number of amides is 1. The van der Waals surface area contributed by atoms with E-state index in [1.807, 2.05) is 4.90 Å². The van der Waals surface area contributed by atoms with Gasteiger partial charge in [0.05, 0.1) is 6.20 Å². The van der Waals surface area contributed by atoms with E-state index in [2.05, 4.69) is 22.2 Å². The van der Waals surface area contributed by atoms with Gasteiger partial charge in [-0.25, -0.2) is 4.98 Å². The maximum atomic E-state index is 12.3. The molecule has 2 heterocycles. The number of carbonyl (C=O) groups excluding carboxylic acids is 1. The number of aromatic amines is 1. The Morgan fingerprint density at radius 1 is 1.42 bits per heavy atom. The molecular formula is C12H20Cl2N4O. The van der Waals surface area contributed by atoms with Crippen molar-refractivity contribution in [3.8, 4) is 0 Å². The quantitative estimate of drug-likeness (QED) is 0.872. The lowest BCUT2D eigenvalue weighted by Crippen LogP contribution is -2.52. The monoisotopic (exact) mass is 306 g/mol. The van der Waals surface area contributed by atoms with Crippen molar-refractivity contribution < 1.29 is 4.79 Å². The van der Waals surface area contributed by atoms with E-state index in [1.54, 1.807) is 6.20 Å². The van der Waals surface area contributed by atoms with Gasteiger partial charge in [0, 0.05) is 31.6 Å². The average Bonchev–Trinajstić information content (AvgIpc) is 3.07. The van der Waals surface area contributed by atoms with E-state index in [-0.39, 0.29) is 36.8 Å². The number of halogens is 2. The molecule has 1 amide bonds. The molecular weight excluding hydrogens is 287 g/mol. The Morgan fingerprint density at radius 2 is 2.16 bits per heavy atom. The highest BCUT2D eigenvalue weighted by molar-refractivity contribution is 5.92. The molecule has 7 heteroatoms. The Labute approximate surface area is 125 Å². The predicted molar refractivity (Wildman–Crippen MR) is 78.4 cm³/mol. The summed E-state index contributed by atoms with van der Waals surface area (Å²) in [5.74, 6) is 1.63. The Kier molecular flexibility index (Phi) is 5.64. The maximum absolute atomic E-state index is 12.3. The van der Waals surface area contributed by atoms with Gasteiger partial charge in [0.1, 0.15) is 11.5 Å². The Balaban J connectivity index is 0.000000902. The lowest BCUT2D eigenvalue weighted by Gasteiger charge is -2.33. The van der Waals surface area contributed by atoms with E-state index in [9.17, 15) is 4.79 Å². The SMILES string of the molecule is C[C@H]1CNCCN1C(=O)c1cnc(C2CC2)[nH]1.Cl.Cl. The van der Waals surface area contributed by atoms with Crippen molar-refractivity contribution in [3.63, 3.8) is 0 Å². The van der Waals surface area contributed by atoms with Crippen LogP contribution in [0.25, 0.3) is 0 Å². The number of nitrogens with zero attached hydrogens (tertiary/aromatic N) is 2. The minimum absolute atomic E-state index is 0. The van der Waals surface area contributed by atoms with Crippen LogP contribution in [0.3, 0.4) is 0 Å². The van der Waals surface area contributed by atoms with Gasteiger partial charge < -0.3 is 15.2 Å². The summed E-state index contributed by atoms with van der Waals surface area (Å²) >= 11 is 0. The van der Waals surface area contributed by atoms with Crippen LogP contribution >= 0.6 is 24.8 Å².